The van der Waals surface area contributed by atoms with Crippen LogP contribution < -0.4 is 5.32 Å². The molecule has 0 radical (unpaired) electrons. The number of rotatable bonds is 6. The summed E-state index contributed by atoms with van der Waals surface area (Å²) < 4.78 is 5.18. The summed E-state index contributed by atoms with van der Waals surface area (Å²) in [6.07, 6.45) is 0.920. The van der Waals surface area contributed by atoms with Crippen molar-refractivity contribution in [2.45, 2.75) is 26.3 Å². The van der Waals surface area contributed by atoms with Crippen LogP contribution >= 0.6 is 11.8 Å². The van der Waals surface area contributed by atoms with Gasteiger partial charge in [0, 0.05) is 19.1 Å². The summed E-state index contributed by atoms with van der Waals surface area (Å²) in [5, 5.41) is 2.88. The molecule has 5 nitrogen and oxygen atoms in total. The van der Waals surface area contributed by atoms with Crippen LogP contribution in [0.25, 0.3) is 0 Å². The monoisotopic (exact) mass is 274 g/mol. The molecule has 18 heavy (non-hydrogen) atoms. The highest BCUT2D eigenvalue weighted by molar-refractivity contribution is 8.00. The zero-order valence-corrected chi connectivity index (χ0v) is 11.9. The van der Waals surface area contributed by atoms with E-state index in [4.69, 9.17) is 4.74 Å². The van der Waals surface area contributed by atoms with Crippen molar-refractivity contribution < 1.29 is 14.3 Å². The van der Waals surface area contributed by atoms with E-state index in [1.165, 1.54) is 11.8 Å². The van der Waals surface area contributed by atoms with E-state index in [2.05, 4.69) is 5.32 Å². The summed E-state index contributed by atoms with van der Waals surface area (Å²) in [5.74, 6) is 0.817. The summed E-state index contributed by atoms with van der Waals surface area (Å²) in [5.41, 5.74) is 0. The maximum Gasteiger partial charge on any atom is 0.232 e. The molecule has 0 aliphatic carbocycles. The highest BCUT2D eigenvalue weighted by Gasteiger charge is 2.17. The fourth-order valence-corrected chi connectivity index (χ4v) is 2.28. The number of hydrogen-bond acceptors (Lipinski definition) is 4. The number of nitrogens with zero attached hydrogens (tertiary/aromatic N) is 1. The average Bonchev–Trinajstić information content (AvgIpc) is 2.39. The SMILES string of the molecule is CCC(C)NC(=O)CSCC(=O)N1CCOCC1. The van der Waals surface area contributed by atoms with E-state index in [-0.39, 0.29) is 17.9 Å². The van der Waals surface area contributed by atoms with Gasteiger partial charge < -0.3 is 15.0 Å². The lowest BCUT2D eigenvalue weighted by Gasteiger charge is -2.26. The van der Waals surface area contributed by atoms with E-state index in [9.17, 15) is 9.59 Å². The van der Waals surface area contributed by atoms with Crippen molar-refractivity contribution in [3.63, 3.8) is 0 Å². The number of hydrogen-bond donors (Lipinski definition) is 1. The third-order valence-corrected chi connectivity index (χ3v) is 3.76. The summed E-state index contributed by atoms with van der Waals surface area (Å²) >= 11 is 1.37. The molecule has 1 aliphatic rings. The van der Waals surface area contributed by atoms with Gasteiger partial charge in [-0.25, -0.2) is 0 Å². The Balaban J connectivity index is 2.12. The Labute approximate surface area is 113 Å². The number of carbonyl (C=O) groups is 2. The van der Waals surface area contributed by atoms with Gasteiger partial charge in [-0.05, 0) is 13.3 Å². The molecule has 1 heterocycles. The normalized spacial score (nSPS) is 17.3. The van der Waals surface area contributed by atoms with Crippen molar-refractivity contribution >= 4 is 23.6 Å². The van der Waals surface area contributed by atoms with Gasteiger partial charge in [-0.15, -0.1) is 11.8 Å². The van der Waals surface area contributed by atoms with Gasteiger partial charge in [0.1, 0.15) is 0 Å². The fraction of sp³-hybridized carbons (Fsp3) is 0.833. The number of nitrogens with one attached hydrogen (secondary N) is 1. The lowest BCUT2D eigenvalue weighted by Crippen LogP contribution is -2.41. The average molecular weight is 274 g/mol. The second kappa shape index (κ2) is 8.37. The van der Waals surface area contributed by atoms with Gasteiger partial charge in [0.2, 0.25) is 11.8 Å². The minimum Gasteiger partial charge on any atom is -0.378 e. The van der Waals surface area contributed by atoms with Gasteiger partial charge in [0.25, 0.3) is 0 Å². The van der Waals surface area contributed by atoms with Crippen LogP contribution in [0.15, 0.2) is 0 Å². The molecule has 0 spiro atoms. The number of ether oxygens (including phenoxy) is 1. The van der Waals surface area contributed by atoms with Crippen molar-refractivity contribution in [1.82, 2.24) is 10.2 Å². The molecule has 104 valence electrons. The van der Waals surface area contributed by atoms with Crippen LogP contribution in [0, 0.1) is 0 Å². The predicted molar refractivity (Wildman–Crippen MR) is 72.6 cm³/mol. The van der Waals surface area contributed by atoms with Crippen LogP contribution in [0.5, 0.6) is 0 Å². The first-order valence-corrected chi connectivity index (χ1v) is 7.51. The molecule has 2 amide bonds. The third kappa shape index (κ3) is 5.73. The zero-order chi connectivity index (χ0) is 13.4. The topological polar surface area (TPSA) is 58.6 Å². The summed E-state index contributed by atoms with van der Waals surface area (Å²) in [7, 11) is 0. The fourth-order valence-electron chi connectivity index (χ4n) is 1.55. The van der Waals surface area contributed by atoms with Gasteiger partial charge >= 0.3 is 0 Å². The van der Waals surface area contributed by atoms with Crippen LogP contribution in [0.1, 0.15) is 20.3 Å². The zero-order valence-electron chi connectivity index (χ0n) is 11.1. The molecule has 1 aliphatic heterocycles. The van der Waals surface area contributed by atoms with E-state index >= 15 is 0 Å². The van der Waals surface area contributed by atoms with Crippen molar-refractivity contribution in [1.29, 1.82) is 0 Å². The van der Waals surface area contributed by atoms with Gasteiger partial charge in [0.15, 0.2) is 0 Å². The smallest absolute Gasteiger partial charge is 0.232 e. The van der Waals surface area contributed by atoms with Crippen LogP contribution in [-0.2, 0) is 14.3 Å². The summed E-state index contributed by atoms with van der Waals surface area (Å²) in [6, 6.07) is 0.202. The first-order chi connectivity index (χ1) is 8.63. The number of morpholine rings is 1. The molecule has 1 N–H and O–H groups in total. The van der Waals surface area contributed by atoms with Crippen molar-refractivity contribution in [2.75, 3.05) is 37.8 Å². The van der Waals surface area contributed by atoms with Crippen LogP contribution in [0.3, 0.4) is 0 Å². The molecule has 0 aromatic carbocycles. The molecule has 1 atom stereocenters. The predicted octanol–water partition coefficient (Wildman–Crippen LogP) is 0.493. The molecule has 0 aromatic rings. The van der Waals surface area contributed by atoms with Crippen molar-refractivity contribution in [2.24, 2.45) is 0 Å². The first-order valence-electron chi connectivity index (χ1n) is 6.36. The number of carbonyl (C=O) groups excluding carboxylic acids is 2. The standard InChI is InChI=1S/C12H22N2O3S/c1-3-10(2)13-11(15)8-18-9-12(16)14-4-6-17-7-5-14/h10H,3-9H2,1-2H3,(H,13,15). The van der Waals surface area contributed by atoms with E-state index < -0.39 is 0 Å². The van der Waals surface area contributed by atoms with Gasteiger partial charge in [-0.3, -0.25) is 9.59 Å². The Morgan fingerprint density at radius 3 is 2.61 bits per heavy atom. The first kappa shape index (κ1) is 15.3. The van der Waals surface area contributed by atoms with E-state index in [1.807, 2.05) is 13.8 Å². The Bertz CT molecular complexity index is 280. The Morgan fingerprint density at radius 2 is 2.00 bits per heavy atom. The molecule has 1 rings (SSSR count). The molecule has 1 unspecified atom stereocenters. The van der Waals surface area contributed by atoms with E-state index in [0.717, 1.165) is 6.42 Å². The van der Waals surface area contributed by atoms with E-state index in [1.54, 1.807) is 4.90 Å². The maximum absolute atomic E-state index is 11.8. The quantitative estimate of drug-likeness (QED) is 0.766. The maximum atomic E-state index is 11.8. The van der Waals surface area contributed by atoms with Crippen LogP contribution in [0.4, 0.5) is 0 Å². The van der Waals surface area contributed by atoms with Crippen molar-refractivity contribution in [3.05, 3.63) is 0 Å². The van der Waals surface area contributed by atoms with Gasteiger partial charge in [0.05, 0.1) is 24.7 Å². The molecular weight excluding hydrogens is 252 g/mol. The van der Waals surface area contributed by atoms with Crippen LogP contribution in [-0.4, -0.2) is 60.6 Å². The number of thioether (sulfide) groups is 1. The largest absolute Gasteiger partial charge is 0.378 e. The molecule has 1 fully saturated rings. The van der Waals surface area contributed by atoms with Crippen molar-refractivity contribution in [3.8, 4) is 0 Å². The molecule has 6 heteroatoms. The Hall–Kier alpha value is -0.750. The second-order valence-electron chi connectivity index (χ2n) is 4.36. The summed E-state index contributed by atoms with van der Waals surface area (Å²) in [4.78, 5) is 25.1. The minimum absolute atomic E-state index is 0.00382. The lowest BCUT2D eigenvalue weighted by atomic mass is 10.3. The highest BCUT2D eigenvalue weighted by Crippen LogP contribution is 2.05. The summed E-state index contributed by atoms with van der Waals surface area (Å²) in [6.45, 7) is 6.56. The molecule has 0 bridgehead atoms. The van der Waals surface area contributed by atoms with Gasteiger partial charge in [-0.2, -0.15) is 0 Å². The van der Waals surface area contributed by atoms with Crippen LogP contribution in [0.2, 0.25) is 0 Å². The number of amides is 2. The Morgan fingerprint density at radius 1 is 1.33 bits per heavy atom. The second-order valence-corrected chi connectivity index (χ2v) is 5.35. The van der Waals surface area contributed by atoms with E-state index in [0.29, 0.717) is 37.8 Å². The van der Waals surface area contributed by atoms with Gasteiger partial charge in [-0.1, -0.05) is 6.92 Å². The highest BCUT2D eigenvalue weighted by atomic mass is 32.2. The third-order valence-electron chi connectivity index (χ3n) is 2.84. The molecule has 0 aromatic heterocycles. The molecule has 0 saturated carbocycles. The molecule has 1 saturated heterocycles. The Kier molecular flexibility index (Phi) is 7.12. The molecular formula is C12H22N2O3S. The minimum atomic E-state index is 0.00382. The lowest BCUT2D eigenvalue weighted by molar-refractivity contribution is -0.132.